The number of alkyl halides is 2. The van der Waals surface area contributed by atoms with Crippen molar-refractivity contribution in [3.63, 3.8) is 0 Å². The third kappa shape index (κ3) is 2.63. The smallest absolute Gasteiger partial charge is 0.333 e. The molecule has 0 saturated heterocycles. The molecular formula is C12H16F3N5. The van der Waals surface area contributed by atoms with Crippen LogP contribution in [0.1, 0.15) is 30.4 Å². The molecule has 0 radical (unpaired) electrons. The second kappa shape index (κ2) is 5.56. The molecule has 0 amide bonds. The summed E-state index contributed by atoms with van der Waals surface area (Å²) >= 11 is 0. The van der Waals surface area contributed by atoms with Gasteiger partial charge in [0.25, 0.3) is 0 Å². The Morgan fingerprint density at radius 1 is 1.25 bits per heavy atom. The van der Waals surface area contributed by atoms with Gasteiger partial charge in [-0.05, 0) is 20.8 Å². The second-order valence-electron chi connectivity index (χ2n) is 4.41. The van der Waals surface area contributed by atoms with Gasteiger partial charge in [0.2, 0.25) is 5.95 Å². The van der Waals surface area contributed by atoms with Crippen LogP contribution in [0.4, 0.5) is 18.9 Å². The van der Waals surface area contributed by atoms with E-state index < -0.39 is 12.5 Å². The summed E-state index contributed by atoms with van der Waals surface area (Å²) in [6.45, 7) is 3.04. The Balaban J connectivity index is 2.15. The Bertz CT molecular complexity index is 602. The fourth-order valence-corrected chi connectivity index (χ4v) is 1.94. The van der Waals surface area contributed by atoms with Crippen LogP contribution in [0.5, 0.6) is 0 Å². The van der Waals surface area contributed by atoms with Crippen LogP contribution in [0.3, 0.4) is 0 Å². The predicted molar refractivity (Wildman–Crippen MR) is 68.1 cm³/mol. The molecule has 0 saturated carbocycles. The summed E-state index contributed by atoms with van der Waals surface area (Å²) in [5.41, 5.74) is 1.89. The van der Waals surface area contributed by atoms with E-state index in [1.807, 2.05) is 0 Å². The van der Waals surface area contributed by atoms with Gasteiger partial charge in [-0.2, -0.15) is 23.4 Å². The number of anilines is 1. The molecule has 0 aliphatic heterocycles. The van der Waals surface area contributed by atoms with Gasteiger partial charge in [0, 0.05) is 18.7 Å². The molecule has 2 aromatic rings. The summed E-state index contributed by atoms with van der Waals surface area (Å²) in [4.78, 5) is 0. The first-order valence-corrected chi connectivity index (χ1v) is 6.23. The number of aromatic nitrogens is 4. The minimum atomic E-state index is -2.69. The summed E-state index contributed by atoms with van der Waals surface area (Å²) < 4.78 is 40.8. The van der Waals surface area contributed by atoms with Gasteiger partial charge in [-0.3, -0.25) is 0 Å². The van der Waals surface area contributed by atoms with Crippen molar-refractivity contribution in [2.45, 2.75) is 40.4 Å². The zero-order chi connectivity index (χ0) is 14.9. The van der Waals surface area contributed by atoms with Crippen molar-refractivity contribution < 1.29 is 13.2 Å². The van der Waals surface area contributed by atoms with E-state index >= 15 is 0 Å². The largest absolute Gasteiger partial charge is 0.378 e. The average Bonchev–Trinajstić information content (AvgIpc) is 2.89. The molecule has 0 atom stereocenters. The van der Waals surface area contributed by atoms with Crippen molar-refractivity contribution in [1.29, 1.82) is 0 Å². The quantitative estimate of drug-likeness (QED) is 0.920. The van der Waals surface area contributed by atoms with E-state index in [0.29, 0.717) is 33.9 Å². The molecule has 0 aromatic carbocycles. The second-order valence-corrected chi connectivity index (χ2v) is 4.41. The highest BCUT2D eigenvalue weighted by atomic mass is 19.3. The lowest BCUT2D eigenvalue weighted by atomic mass is 10.2. The monoisotopic (exact) mass is 287 g/mol. The van der Waals surface area contributed by atoms with Crippen molar-refractivity contribution >= 4 is 5.69 Å². The first kappa shape index (κ1) is 14.4. The zero-order valence-corrected chi connectivity index (χ0v) is 11.5. The Kier molecular flexibility index (Phi) is 4.01. The van der Waals surface area contributed by atoms with Crippen LogP contribution < -0.4 is 5.32 Å². The van der Waals surface area contributed by atoms with Crippen LogP contribution in [0.15, 0.2) is 6.20 Å². The fourth-order valence-electron chi connectivity index (χ4n) is 1.94. The number of halogens is 3. The van der Waals surface area contributed by atoms with Gasteiger partial charge in [-0.25, -0.2) is 9.36 Å². The van der Waals surface area contributed by atoms with Crippen LogP contribution in [-0.4, -0.2) is 19.6 Å². The van der Waals surface area contributed by atoms with Gasteiger partial charge >= 0.3 is 6.55 Å². The van der Waals surface area contributed by atoms with Gasteiger partial charge < -0.3 is 5.32 Å². The lowest BCUT2D eigenvalue weighted by Crippen LogP contribution is -2.04. The van der Waals surface area contributed by atoms with Gasteiger partial charge in [-0.1, -0.05) is 0 Å². The normalized spacial score (nSPS) is 11.3. The molecule has 0 unspecified atom stereocenters. The minimum Gasteiger partial charge on any atom is -0.378 e. The SMILES string of the molecule is CCn1nc(C)c(CNc2cn(C(F)F)nc2C)c1F. The fraction of sp³-hybridized carbons (Fsp3) is 0.500. The Morgan fingerprint density at radius 3 is 2.45 bits per heavy atom. The molecule has 0 aliphatic rings. The van der Waals surface area contributed by atoms with Crippen molar-refractivity contribution in [2.75, 3.05) is 5.32 Å². The standard InChI is InChI=1S/C12H16F3N5/c1-4-19-11(13)9(7(2)17-19)5-16-10-6-20(12(14)15)18-8(10)3/h6,12,16H,4-5H2,1-3H3. The highest BCUT2D eigenvalue weighted by molar-refractivity contribution is 5.46. The Morgan fingerprint density at radius 2 is 1.95 bits per heavy atom. The van der Waals surface area contributed by atoms with E-state index in [9.17, 15) is 13.2 Å². The highest BCUT2D eigenvalue weighted by Crippen LogP contribution is 2.20. The predicted octanol–water partition coefficient (Wildman–Crippen LogP) is 2.86. The molecule has 5 nitrogen and oxygen atoms in total. The van der Waals surface area contributed by atoms with Gasteiger partial charge in [0.15, 0.2) is 0 Å². The summed E-state index contributed by atoms with van der Waals surface area (Å²) in [6.07, 6.45) is 1.21. The van der Waals surface area contributed by atoms with E-state index in [0.717, 1.165) is 0 Å². The molecule has 0 aliphatic carbocycles. The number of hydrogen-bond donors (Lipinski definition) is 1. The van der Waals surface area contributed by atoms with Crippen LogP contribution in [-0.2, 0) is 13.1 Å². The Hall–Kier alpha value is -1.99. The molecule has 0 bridgehead atoms. The van der Waals surface area contributed by atoms with Crippen molar-refractivity contribution in [1.82, 2.24) is 19.6 Å². The minimum absolute atomic E-state index is 0.174. The first-order valence-electron chi connectivity index (χ1n) is 6.23. The third-order valence-corrected chi connectivity index (χ3v) is 3.05. The van der Waals surface area contributed by atoms with E-state index in [-0.39, 0.29) is 6.54 Å². The van der Waals surface area contributed by atoms with E-state index in [2.05, 4.69) is 15.5 Å². The number of aryl methyl sites for hydroxylation is 3. The summed E-state index contributed by atoms with van der Waals surface area (Å²) in [5.74, 6) is -0.406. The first-order chi connectivity index (χ1) is 9.43. The lowest BCUT2D eigenvalue weighted by Gasteiger charge is -2.04. The van der Waals surface area contributed by atoms with E-state index in [4.69, 9.17) is 0 Å². The maximum absolute atomic E-state index is 14.0. The van der Waals surface area contributed by atoms with Gasteiger partial charge in [0.1, 0.15) is 0 Å². The van der Waals surface area contributed by atoms with Crippen molar-refractivity contribution in [2.24, 2.45) is 0 Å². The molecule has 0 fully saturated rings. The van der Waals surface area contributed by atoms with Crippen LogP contribution in [0, 0.1) is 19.8 Å². The molecule has 2 aromatic heterocycles. The topological polar surface area (TPSA) is 47.7 Å². The lowest BCUT2D eigenvalue weighted by molar-refractivity contribution is 0.0563. The number of rotatable bonds is 5. The number of nitrogens with zero attached hydrogens (tertiary/aromatic N) is 4. The molecule has 0 spiro atoms. The molecule has 2 heterocycles. The molecule has 1 N–H and O–H groups in total. The van der Waals surface area contributed by atoms with Gasteiger partial charge in [0.05, 0.1) is 23.3 Å². The summed E-state index contributed by atoms with van der Waals surface area (Å²) in [7, 11) is 0. The van der Waals surface area contributed by atoms with Crippen molar-refractivity contribution in [3.05, 3.63) is 29.1 Å². The van der Waals surface area contributed by atoms with Gasteiger partial charge in [-0.15, -0.1) is 0 Å². The van der Waals surface area contributed by atoms with E-state index in [1.165, 1.54) is 10.9 Å². The highest BCUT2D eigenvalue weighted by Gasteiger charge is 2.16. The molecule has 8 heteroatoms. The summed E-state index contributed by atoms with van der Waals surface area (Å²) in [6, 6.07) is 0. The third-order valence-electron chi connectivity index (χ3n) is 3.05. The zero-order valence-electron chi connectivity index (χ0n) is 11.5. The molecule has 20 heavy (non-hydrogen) atoms. The average molecular weight is 287 g/mol. The summed E-state index contributed by atoms with van der Waals surface area (Å²) in [5, 5.41) is 10.6. The molecule has 2 rings (SSSR count). The van der Waals surface area contributed by atoms with Crippen LogP contribution in [0.2, 0.25) is 0 Å². The van der Waals surface area contributed by atoms with E-state index in [1.54, 1.807) is 20.8 Å². The number of hydrogen-bond acceptors (Lipinski definition) is 3. The van der Waals surface area contributed by atoms with Crippen LogP contribution in [0.25, 0.3) is 0 Å². The molecule has 110 valence electrons. The Labute approximate surface area is 114 Å². The van der Waals surface area contributed by atoms with Crippen molar-refractivity contribution in [3.8, 4) is 0 Å². The molecular weight excluding hydrogens is 271 g/mol. The van der Waals surface area contributed by atoms with Crippen LogP contribution >= 0.6 is 0 Å². The maximum Gasteiger partial charge on any atom is 0.333 e. The maximum atomic E-state index is 14.0. The number of nitrogens with one attached hydrogen (secondary N) is 1.